The van der Waals surface area contributed by atoms with E-state index >= 15 is 0 Å². The fraction of sp³-hybridized carbons (Fsp3) is 0.488. The highest BCUT2D eigenvalue weighted by atomic mass is 32.1. The third-order valence-electron chi connectivity index (χ3n) is 9.59. The lowest BCUT2D eigenvalue weighted by Crippen LogP contribution is -2.49. The van der Waals surface area contributed by atoms with Crippen LogP contribution in [0, 0.1) is 5.92 Å². The van der Waals surface area contributed by atoms with Crippen LogP contribution < -0.4 is 10.6 Å². The number of rotatable bonds is 20. The van der Waals surface area contributed by atoms with Crippen molar-refractivity contribution >= 4 is 40.6 Å². The summed E-state index contributed by atoms with van der Waals surface area (Å²) in [5.74, 6) is 0.317. The van der Waals surface area contributed by atoms with E-state index < -0.39 is 12.1 Å². The fourth-order valence-electron chi connectivity index (χ4n) is 6.55. The Labute approximate surface area is 327 Å². The van der Waals surface area contributed by atoms with Crippen molar-refractivity contribution in [1.82, 2.24) is 30.4 Å². The summed E-state index contributed by atoms with van der Waals surface area (Å²) in [4.78, 5) is 54.5. The highest BCUT2D eigenvalue weighted by molar-refractivity contribution is 7.09. The van der Waals surface area contributed by atoms with Crippen LogP contribution in [0.15, 0.2) is 77.8 Å². The van der Waals surface area contributed by atoms with E-state index in [1.165, 1.54) is 11.3 Å². The number of nitrogens with one attached hydrogen (secondary N) is 2. The second kappa shape index (κ2) is 21.7. The fourth-order valence-corrected chi connectivity index (χ4v) is 7.89. The summed E-state index contributed by atoms with van der Waals surface area (Å²) in [6.45, 7) is 8.34. The second-order valence-corrected chi connectivity index (χ2v) is 16.2. The van der Waals surface area contributed by atoms with Crippen LogP contribution in [0.4, 0.5) is 9.59 Å². The second-order valence-electron chi connectivity index (χ2n) is 14.3. The molecule has 0 saturated carbocycles. The van der Waals surface area contributed by atoms with Gasteiger partial charge >= 0.3 is 12.1 Å². The number of Topliss-reactive ketones (excluding diaryl/α,β-unsaturated/α-hetero) is 1. The van der Waals surface area contributed by atoms with Crippen molar-refractivity contribution < 1.29 is 23.9 Å². The summed E-state index contributed by atoms with van der Waals surface area (Å²) in [5, 5.41) is 9.24. The lowest BCUT2D eigenvalue weighted by atomic mass is 9.86. The van der Waals surface area contributed by atoms with Gasteiger partial charge in [-0.25, -0.2) is 14.6 Å². The molecular weight excluding hydrogens is 721 g/mol. The van der Waals surface area contributed by atoms with Crippen LogP contribution in [-0.4, -0.2) is 89.7 Å². The van der Waals surface area contributed by atoms with Gasteiger partial charge in [-0.05, 0) is 49.1 Å². The van der Waals surface area contributed by atoms with E-state index in [1.807, 2.05) is 41.8 Å². The summed E-state index contributed by atoms with van der Waals surface area (Å²) < 4.78 is 11.1. The van der Waals surface area contributed by atoms with Gasteiger partial charge in [-0.15, -0.1) is 22.7 Å². The standard InChI is InChI=1S/C41H54N6O5S2/c1-30(2)39-43-35(28-53-39)26-46(3)40(49)45-37(16-17-47-18-20-51-21-19-47)38(48)24-33(22-31-10-6-4-7-11-31)14-15-34(23-32-12-8-5-9-13-32)44-41(50)52-27-36-25-42-29-54-36/h4-13,25,28-30,33-34,37H,14-24,26-27H2,1-3H3,(H,44,50)(H,45,49). The molecule has 2 N–H and O–H groups in total. The largest absolute Gasteiger partial charge is 0.444 e. The average molecular weight is 775 g/mol. The Kier molecular flexibility index (Phi) is 16.4. The molecule has 4 aromatic rings. The van der Waals surface area contributed by atoms with E-state index in [0.29, 0.717) is 70.7 Å². The molecule has 1 fully saturated rings. The van der Waals surface area contributed by atoms with E-state index in [0.717, 1.165) is 39.8 Å². The van der Waals surface area contributed by atoms with Gasteiger partial charge in [0, 0.05) is 56.6 Å². The van der Waals surface area contributed by atoms with Gasteiger partial charge in [-0.2, -0.15) is 0 Å². The number of amides is 3. The third kappa shape index (κ3) is 13.9. The Morgan fingerprint density at radius 2 is 1.63 bits per heavy atom. The van der Waals surface area contributed by atoms with Gasteiger partial charge in [-0.3, -0.25) is 14.7 Å². The highest BCUT2D eigenvalue weighted by Gasteiger charge is 2.28. The number of thiazole rings is 2. The number of carbonyl (C=O) groups is 3. The van der Waals surface area contributed by atoms with E-state index in [-0.39, 0.29) is 30.4 Å². The molecule has 0 radical (unpaired) electrons. The minimum absolute atomic E-state index is 0.0122. The maximum atomic E-state index is 14.3. The number of ketones is 1. The van der Waals surface area contributed by atoms with E-state index in [2.05, 4.69) is 58.6 Å². The van der Waals surface area contributed by atoms with Crippen LogP contribution in [0.1, 0.15) is 72.2 Å². The molecule has 1 saturated heterocycles. The molecule has 1 aliphatic heterocycles. The molecule has 5 rings (SSSR count). The number of nitrogens with zero attached hydrogens (tertiary/aromatic N) is 4. The molecule has 3 unspecified atom stereocenters. The Morgan fingerprint density at radius 1 is 0.926 bits per heavy atom. The number of hydrogen-bond acceptors (Lipinski definition) is 10. The van der Waals surface area contributed by atoms with E-state index in [4.69, 9.17) is 14.5 Å². The topological polar surface area (TPSA) is 126 Å². The van der Waals surface area contributed by atoms with Gasteiger partial charge in [-0.1, -0.05) is 74.5 Å². The lowest BCUT2D eigenvalue weighted by molar-refractivity contribution is -0.122. The van der Waals surface area contributed by atoms with Gasteiger partial charge in [0.15, 0.2) is 5.78 Å². The Bertz CT molecular complexity index is 1700. The lowest BCUT2D eigenvalue weighted by Gasteiger charge is -2.29. The Morgan fingerprint density at radius 3 is 2.28 bits per heavy atom. The van der Waals surface area contributed by atoms with Crippen LogP contribution in [-0.2, 0) is 40.3 Å². The van der Waals surface area contributed by atoms with Gasteiger partial charge in [0.1, 0.15) is 6.61 Å². The molecule has 11 nitrogen and oxygen atoms in total. The molecule has 13 heteroatoms. The summed E-state index contributed by atoms with van der Waals surface area (Å²) in [7, 11) is 1.74. The van der Waals surface area contributed by atoms with Gasteiger partial charge in [0.05, 0.1) is 46.9 Å². The van der Waals surface area contributed by atoms with Gasteiger partial charge in [0.25, 0.3) is 0 Å². The van der Waals surface area contributed by atoms with E-state index in [1.54, 1.807) is 35.0 Å². The van der Waals surface area contributed by atoms with Crippen molar-refractivity contribution in [3.63, 3.8) is 0 Å². The highest BCUT2D eigenvalue weighted by Crippen LogP contribution is 2.23. The number of hydrogen-bond donors (Lipinski definition) is 2. The monoisotopic (exact) mass is 774 g/mol. The number of ether oxygens (including phenoxy) is 2. The summed E-state index contributed by atoms with van der Waals surface area (Å²) in [6, 6.07) is 19.1. The van der Waals surface area contributed by atoms with Crippen LogP contribution in [0.5, 0.6) is 0 Å². The number of alkyl carbamates (subject to hydrolysis) is 1. The molecule has 3 heterocycles. The van der Waals surface area contributed by atoms with E-state index in [9.17, 15) is 14.4 Å². The predicted octanol–water partition coefficient (Wildman–Crippen LogP) is 7.09. The molecule has 3 atom stereocenters. The summed E-state index contributed by atoms with van der Waals surface area (Å²) in [5.41, 5.74) is 4.80. The molecule has 2 aromatic carbocycles. The first-order valence-corrected chi connectivity index (χ1v) is 20.6. The van der Waals surface area contributed by atoms with Gasteiger partial charge < -0.3 is 25.0 Å². The van der Waals surface area contributed by atoms with Crippen LogP contribution in [0.2, 0.25) is 0 Å². The van der Waals surface area contributed by atoms with Crippen molar-refractivity contribution in [2.45, 2.75) is 83.5 Å². The Hall–Kier alpha value is -4.17. The smallest absolute Gasteiger partial charge is 0.407 e. The zero-order chi connectivity index (χ0) is 38.1. The zero-order valence-corrected chi connectivity index (χ0v) is 33.3. The molecular formula is C41H54N6O5S2. The van der Waals surface area contributed by atoms with Crippen LogP contribution in [0.3, 0.4) is 0 Å². The predicted molar refractivity (Wildman–Crippen MR) is 214 cm³/mol. The van der Waals surface area contributed by atoms with Crippen molar-refractivity contribution in [1.29, 1.82) is 0 Å². The minimum Gasteiger partial charge on any atom is -0.444 e. The quantitative estimate of drug-likeness (QED) is 0.0976. The molecule has 0 bridgehead atoms. The SMILES string of the molecule is CC(C)c1nc(CN(C)C(=O)NC(CCN2CCOCC2)C(=O)CC(CCC(Cc2ccccc2)NC(=O)OCc2cncs2)Cc2ccccc2)cs1. The first-order chi connectivity index (χ1) is 26.2. The average Bonchev–Trinajstić information content (AvgIpc) is 3.89. The minimum atomic E-state index is -0.650. The van der Waals surface area contributed by atoms with Crippen molar-refractivity contribution in [3.05, 3.63) is 104 Å². The molecule has 1 aliphatic rings. The van der Waals surface area contributed by atoms with Crippen LogP contribution in [0.25, 0.3) is 0 Å². The molecule has 3 amide bonds. The molecule has 2 aromatic heterocycles. The number of benzene rings is 2. The maximum Gasteiger partial charge on any atom is 0.407 e. The molecule has 0 spiro atoms. The molecule has 0 aliphatic carbocycles. The van der Waals surface area contributed by atoms with Crippen LogP contribution >= 0.6 is 22.7 Å². The number of carbonyl (C=O) groups excluding carboxylic acids is 3. The zero-order valence-electron chi connectivity index (χ0n) is 31.7. The first kappa shape index (κ1) is 41.0. The Balaban J connectivity index is 1.28. The van der Waals surface area contributed by atoms with Crippen molar-refractivity contribution in [2.75, 3.05) is 39.9 Å². The number of urea groups is 1. The summed E-state index contributed by atoms with van der Waals surface area (Å²) >= 11 is 3.04. The number of aromatic nitrogens is 2. The van der Waals surface area contributed by atoms with Crippen molar-refractivity contribution in [2.24, 2.45) is 5.92 Å². The van der Waals surface area contributed by atoms with Crippen molar-refractivity contribution in [3.8, 4) is 0 Å². The van der Waals surface area contributed by atoms with Gasteiger partial charge in [0.2, 0.25) is 0 Å². The number of morpholine rings is 1. The first-order valence-electron chi connectivity index (χ1n) is 18.9. The maximum absolute atomic E-state index is 14.3. The normalized spacial score (nSPS) is 15.0. The molecule has 54 heavy (non-hydrogen) atoms. The molecule has 290 valence electrons. The summed E-state index contributed by atoms with van der Waals surface area (Å²) in [6.07, 6.45) is 4.69. The third-order valence-corrected chi connectivity index (χ3v) is 11.5.